The molecule has 77 heavy (non-hydrogen) atoms. The Labute approximate surface area is 449 Å². The molecule has 5 nitrogen and oxygen atoms in total. The molecule has 0 amide bonds. The summed E-state index contributed by atoms with van der Waals surface area (Å²) in [4.78, 5) is 2.42. The van der Waals surface area contributed by atoms with Crippen LogP contribution in [0.25, 0.3) is 90.2 Å². The first kappa shape index (κ1) is 46.7. The van der Waals surface area contributed by atoms with E-state index < -0.39 is 0 Å². The summed E-state index contributed by atoms with van der Waals surface area (Å²) < 4.78 is 4.62. The second-order valence-electron chi connectivity index (χ2n) is 19.5. The number of fused-ring (bicyclic) bond motifs is 4. The summed E-state index contributed by atoms with van der Waals surface area (Å²) in [5.41, 5.74) is 22.2. The van der Waals surface area contributed by atoms with E-state index in [1.54, 1.807) is 0 Å². The van der Waals surface area contributed by atoms with Gasteiger partial charge in [0, 0.05) is 79.9 Å². The van der Waals surface area contributed by atoms with Crippen LogP contribution in [0.5, 0.6) is 0 Å². The molecule has 0 radical (unpaired) electrons. The number of hydrogen-bond acceptors (Lipinski definition) is 3. The van der Waals surface area contributed by atoms with Crippen molar-refractivity contribution < 1.29 is 0 Å². The van der Waals surface area contributed by atoms with Crippen molar-refractivity contribution in [2.45, 2.75) is 0 Å². The van der Waals surface area contributed by atoms with Gasteiger partial charge in [-0.15, -0.1) is 0 Å². The fraction of sp³-hybridized carbons (Fsp3) is 0.0278. The Bertz CT molecular complexity index is 4230. The van der Waals surface area contributed by atoms with E-state index in [9.17, 15) is 0 Å². The zero-order valence-electron chi connectivity index (χ0n) is 43.0. The second-order valence-corrected chi connectivity index (χ2v) is 19.5. The Morgan fingerprint density at radius 2 is 0.649 bits per heavy atom. The number of hydrogen-bond donors (Lipinski definition) is 1. The molecule has 2 heterocycles. The van der Waals surface area contributed by atoms with Crippen LogP contribution in [-0.2, 0) is 14.1 Å². The van der Waals surface area contributed by atoms with Gasteiger partial charge in [-0.05, 0) is 82.9 Å². The van der Waals surface area contributed by atoms with Crippen molar-refractivity contribution in [3.8, 4) is 22.5 Å². The van der Waals surface area contributed by atoms with E-state index in [1.807, 2.05) is 0 Å². The van der Waals surface area contributed by atoms with Crippen molar-refractivity contribution in [1.82, 2.24) is 9.13 Å². The van der Waals surface area contributed by atoms with E-state index in [2.05, 4.69) is 330 Å². The number of aryl methyl sites for hydroxylation is 2. The second kappa shape index (κ2) is 20.3. The fourth-order valence-electron chi connectivity index (χ4n) is 11.3. The molecule has 2 aromatic heterocycles. The van der Waals surface area contributed by atoms with Crippen LogP contribution in [-0.4, -0.2) is 9.13 Å². The zero-order valence-corrected chi connectivity index (χ0v) is 43.0. The maximum Gasteiger partial charge on any atom is 0.0704 e. The largest absolute Gasteiger partial charge is 0.343 e. The highest BCUT2D eigenvalue weighted by molar-refractivity contribution is 6.22. The standard InChI is InChI=1S/C72H55N5/c1-74-67-37-21-19-31-59(67)65(70(74)53-23-7-3-8-24-53)49-43-51-39-45-56(46-40-51)76(55-27-11-5-12-28-55)72-63-35-17-15-33-61(63)69(62-34-16-18-36-64(62)72)73-77(57-29-13-6-14-30-57)58-47-41-52(42-48-58)44-50-66-60-32-20-22-38-68(60)75(2)71(66)54-25-9-4-10-26-54/h3-50,73H,1-2H3/b49-43+,50-44+. The van der Waals surface area contributed by atoms with Crippen LogP contribution >= 0.6 is 0 Å². The van der Waals surface area contributed by atoms with Gasteiger partial charge in [0.05, 0.1) is 34.1 Å². The maximum atomic E-state index is 4.02. The van der Waals surface area contributed by atoms with Crippen LogP contribution in [0.2, 0.25) is 0 Å². The van der Waals surface area contributed by atoms with Crippen LogP contribution in [0.1, 0.15) is 22.3 Å². The summed E-state index contributed by atoms with van der Waals surface area (Å²) in [6.45, 7) is 0. The molecule has 13 aromatic rings. The van der Waals surface area contributed by atoms with Gasteiger partial charge in [-0.2, -0.15) is 0 Å². The number of aromatic nitrogens is 2. The van der Waals surface area contributed by atoms with Gasteiger partial charge < -0.3 is 14.0 Å². The monoisotopic (exact) mass is 989 g/mol. The summed E-state index contributed by atoms with van der Waals surface area (Å²) in [6, 6.07) is 95.4. The molecule has 11 aromatic carbocycles. The number of anilines is 6. The lowest BCUT2D eigenvalue weighted by molar-refractivity contribution is 0.977. The number of nitrogens with zero attached hydrogens (tertiary/aromatic N) is 4. The zero-order chi connectivity index (χ0) is 51.7. The molecule has 368 valence electrons. The van der Waals surface area contributed by atoms with E-state index in [-0.39, 0.29) is 0 Å². The van der Waals surface area contributed by atoms with Crippen LogP contribution in [0.15, 0.2) is 267 Å². The highest BCUT2D eigenvalue weighted by Gasteiger charge is 2.24. The lowest BCUT2D eigenvalue weighted by Crippen LogP contribution is -2.25. The summed E-state index contributed by atoms with van der Waals surface area (Å²) in [6.07, 6.45) is 9.02. The molecule has 0 aliphatic heterocycles. The van der Waals surface area contributed by atoms with E-state index in [0.29, 0.717) is 0 Å². The number of para-hydroxylation sites is 4. The van der Waals surface area contributed by atoms with E-state index in [0.717, 1.165) is 66.8 Å². The third-order valence-corrected chi connectivity index (χ3v) is 15.0. The average molecular weight is 990 g/mol. The van der Waals surface area contributed by atoms with Crippen LogP contribution in [0.4, 0.5) is 34.1 Å². The van der Waals surface area contributed by atoms with Gasteiger partial charge in [0.25, 0.3) is 0 Å². The lowest BCUT2D eigenvalue weighted by atomic mass is 9.96. The predicted octanol–water partition coefficient (Wildman–Crippen LogP) is 19.3. The molecule has 0 fully saturated rings. The van der Waals surface area contributed by atoms with Crippen molar-refractivity contribution in [3.05, 3.63) is 289 Å². The van der Waals surface area contributed by atoms with Crippen molar-refractivity contribution in [3.63, 3.8) is 0 Å². The Morgan fingerprint density at radius 1 is 0.312 bits per heavy atom. The lowest BCUT2D eigenvalue weighted by Gasteiger charge is -2.32. The van der Waals surface area contributed by atoms with Gasteiger partial charge in [0.1, 0.15) is 0 Å². The number of benzene rings is 11. The molecular formula is C72H55N5. The van der Waals surface area contributed by atoms with Crippen LogP contribution < -0.4 is 15.3 Å². The highest BCUT2D eigenvalue weighted by Crippen LogP contribution is 2.48. The minimum atomic E-state index is 1.01. The van der Waals surface area contributed by atoms with Gasteiger partial charge in [0.15, 0.2) is 0 Å². The van der Waals surface area contributed by atoms with Gasteiger partial charge in [-0.3, -0.25) is 10.4 Å². The molecule has 0 atom stereocenters. The molecule has 0 unspecified atom stereocenters. The van der Waals surface area contributed by atoms with E-state index in [1.165, 1.54) is 55.4 Å². The van der Waals surface area contributed by atoms with E-state index in [4.69, 9.17) is 0 Å². The Morgan fingerprint density at radius 3 is 1.10 bits per heavy atom. The quantitative estimate of drug-likeness (QED) is 0.0709. The normalized spacial score (nSPS) is 11.7. The topological polar surface area (TPSA) is 28.4 Å². The molecule has 0 saturated carbocycles. The summed E-state index contributed by atoms with van der Waals surface area (Å²) in [5.74, 6) is 0. The Balaban J connectivity index is 0.878. The third-order valence-electron chi connectivity index (χ3n) is 15.0. The minimum Gasteiger partial charge on any atom is -0.343 e. The van der Waals surface area contributed by atoms with Crippen molar-refractivity contribution in [1.29, 1.82) is 0 Å². The molecule has 0 spiro atoms. The van der Waals surface area contributed by atoms with Gasteiger partial charge in [-0.25, -0.2) is 0 Å². The predicted molar refractivity (Wildman–Crippen MR) is 329 cm³/mol. The third kappa shape index (κ3) is 8.70. The molecule has 13 rings (SSSR count). The molecule has 0 aliphatic rings. The van der Waals surface area contributed by atoms with Crippen LogP contribution in [0, 0.1) is 0 Å². The summed E-state index contributed by atoms with van der Waals surface area (Å²) >= 11 is 0. The molecule has 0 bridgehead atoms. The van der Waals surface area contributed by atoms with Gasteiger partial charge >= 0.3 is 0 Å². The summed E-state index contributed by atoms with van der Waals surface area (Å²) in [5, 5.41) is 9.15. The Kier molecular flexibility index (Phi) is 12.3. The SMILES string of the molecule is Cn1c(-c2ccccc2)c(/C=C/c2ccc(N(Nc3c4ccccc4c(N(c4ccccc4)c4ccc(/C=C/c5c(-c6ccccc6)n(C)c6ccccc56)cc4)c4ccccc34)c3ccccc3)cc2)c2ccccc21. The molecule has 0 saturated heterocycles. The van der Waals surface area contributed by atoms with Crippen LogP contribution in [0.3, 0.4) is 0 Å². The molecular weight excluding hydrogens is 935 g/mol. The van der Waals surface area contributed by atoms with Gasteiger partial charge in [-0.1, -0.05) is 231 Å². The average Bonchev–Trinajstić information content (AvgIpc) is 4.04. The van der Waals surface area contributed by atoms with E-state index >= 15 is 0 Å². The fourth-order valence-corrected chi connectivity index (χ4v) is 11.3. The smallest absolute Gasteiger partial charge is 0.0704 e. The van der Waals surface area contributed by atoms with Crippen molar-refractivity contribution >= 4 is 102 Å². The van der Waals surface area contributed by atoms with Crippen molar-refractivity contribution in [2.24, 2.45) is 14.1 Å². The highest BCUT2D eigenvalue weighted by atomic mass is 15.5. The number of nitrogens with one attached hydrogen (secondary N) is 1. The van der Waals surface area contributed by atoms with Gasteiger partial charge in [0.2, 0.25) is 0 Å². The first-order valence-corrected chi connectivity index (χ1v) is 26.3. The molecule has 1 N–H and O–H groups in total. The number of rotatable bonds is 13. The molecule has 0 aliphatic carbocycles. The number of hydrazine groups is 1. The summed E-state index contributed by atoms with van der Waals surface area (Å²) in [7, 11) is 4.32. The minimum absolute atomic E-state index is 1.01. The van der Waals surface area contributed by atoms with Crippen molar-refractivity contribution in [2.75, 3.05) is 15.3 Å². The maximum absolute atomic E-state index is 4.02. The Hall–Kier alpha value is -10.1. The molecule has 5 heteroatoms. The first-order valence-electron chi connectivity index (χ1n) is 26.3. The first-order chi connectivity index (χ1) is 38.1.